The third-order valence-corrected chi connectivity index (χ3v) is 11.9. The van der Waals surface area contributed by atoms with E-state index in [1.807, 2.05) is 0 Å². The Bertz CT molecular complexity index is 1300. The number of carbonyl (C=O) groups excluding carboxylic acids is 3. The molecular weight excluding hydrogens is 829 g/mol. The van der Waals surface area contributed by atoms with Crippen LogP contribution in [0.3, 0.4) is 0 Å². The second kappa shape index (κ2) is 55.2. The molecule has 0 rings (SSSR count). The van der Waals surface area contributed by atoms with Crippen molar-refractivity contribution < 1.29 is 28.6 Å². The summed E-state index contributed by atoms with van der Waals surface area (Å²) in [4.78, 5) is 38.1. The predicted molar refractivity (Wildman–Crippen MR) is 288 cm³/mol. The lowest BCUT2D eigenvalue weighted by Crippen LogP contribution is -2.30. The van der Waals surface area contributed by atoms with Crippen LogP contribution in [-0.4, -0.2) is 37.2 Å². The van der Waals surface area contributed by atoms with Gasteiger partial charge in [0.2, 0.25) is 0 Å². The van der Waals surface area contributed by atoms with Gasteiger partial charge in [0, 0.05) is 19.3 Å². The van der Waals surface area contributed by atoms with Gasteiger partial charge in [0.05, 0.1) is 0 Å². The van der Waals surface area contributed by atoms with Crippen molar-refractivity contribution in [2.24, 2.45) is 0 Å². The fraction of sp³-hybridized carbons (Fsp3) is 0.721. The van der Waals surface area contributed by atoms with Gasteiger partial charge in [-0.25, -0.2) is 0 Å². The van der Waals surface area contributed by atoms with Gasteiger partial charge in [0.25, 0.3) is 0 Å². The van der Waals surface area contributed by atoms with Crippen LogP contribution in [0.5, 0.6) is 0 Å². The van der Waals surface area contributed by atoms with Crippen molar-refractivity contribution in [1.29, 1.82) is 0 Å². The van der Waals surface area contributed by atoms with Crippen LogP contribution in [0.25, 0.3) is 0 Å². The van der Waals surface area contributed by atoms with E-state index in [1.165, 1.54) is 96.3 Å². The highest BCUT2D eigenvalue weighted by Gasteiger charge is 2.19. The highest BCUT2D eigenvalue weighted by Crippen LogP contribution is 2.15. The van der Waals surface area contributed by atoms with E-state index in [-0.39, 0.29) is 31.1 Å². The van der Waals surface area contributed by atoms with Gasteiger partial charge in [-0.2, -0.15) is 0 Å². The summed E-state index contributed by atoms with van der Waals surface area (Å²) < 4.78 is 16.8. The maximum atomic E-state index is 12.8. The van der Waals surface area contributed by atoms with Crippen LogP contribution in [0.15, 0.2) is 85.1 Å². The van der Waals surface area contributed by atoms with Gasteiger partial charge in [-0.05, 0) is 89.9 Å². The van der Waals surface area contributed by atoms with E-state index < -0.39 is 6.10 Å². The molecule has 0 radical (unpaired) electrons. The van der Waals surface area contributed by atoms with Gasteiger partial charge in [-0.15, -0.1) is 0 Å². The molecule has 0 aromatic heterocycles. The molecule has 1 unspecified atom stereocenters. The molecule has 0 N–H and O–H groups in total. The lowest BCUT2D eigenvalue weighted by atomic mass is 10.0. The summed E-state index contributed by atoms with van der Waals surface area (Å²) in [6.45, 7) is 6.45. The standard InChI is InChI=1S/C61H104O6/c1-4-7-10-13-16-19-22-25-26-27-28-29-30-31-32-33-34-37-39-42-45-48-51-54-60(63)66-57-58(67-61(64)55-52-49-46-43-40-36-24-21-18-15-12-9-6-3)56-65-59(62)53-50-47-44-41-38-35-23-20-17-14-11-8-5-2/h7,10,12,15-16,19,21,24-26,28-29,31-32,58H,4-6,8-9,11,13-14,17-18,20,22-23,27,30,33-57H2,1-3H3/b10-7-,15-12-,19-16-,24-21-,26-25-,29-28-,32-31-. The highest BCUT2D eigenvalue weighted by molar-refractivity contribution is 5.71. The van der Waals surface area contributed by atoms with Gasteiger partial charge in [0.15, 0.2) is 6.10 Å². The van der Waals surface area contributed by atoms with E-state index in [0.717, 1.165) is 128 Å². The Labute approximate surface area is 414 Å². The van der Waals surface area contributed by atoms with E-state index in [1.54, 1.807) is 0 Å². The third kappa shape index (κ3) is 53.4. The Morgan fingerprint density at radius 2 is 0.612 bits per heavy atom. The van der Waals surface area contributed by atoms with Crippen LogP contribution in [-0.2, 0) is 28.6 Å². The lowest BCUT2D eigenvalue weighted by Gasteiger charge is -2.18. The molecule has 0 aliphatic rings. The van der Waals surface area contributed by atoms with Gasteiger partial charge in [-0.3, -0.25) is 14.4 Å². The maximum Gasteiger partial charge on any atom is 0.306 e. The second-order valence-corrected chi connectivity index (χ2v) is 18.5. The fourth-order valence-corrected chi connectivity index (χ4v) is 7.68. The van der Waals surface area contributed by atoms with Crippen molar-refractivity contribution in [3.05, 3.63) is 85.1 Å². The third-order valence-electron chi connectivity index (χ3n) is 11.9. The first-order valence-electron chi connectivity index (χ1n) is 28.1. The number of esters is 3. The van der Waals surface area contributed by atoms with Crippen LogP contribution in [0.4, 0.5) is 0 Å². The number of hydrogen-bond acceptors (Lipinski definition) is 6. The van der Waals surface area contributed by atoms with Crippen molar-refractivity contribution in [2.75, 3.05) is 13.2 Å². The molecule has 6 heteroatoms. The van der Waals surface area contributed by atoms with E-state index in [2.05, 4.69) is 106 Å². The van der Waals surface area contributed by atoms with Gasteiger partial charge < -0.3 is 14.2 Å². The number of hydrogen-bond donors (Lipinski definition) is 0. The summed E-state index contributed by atoms with van der Waals surface area (Å²) in [7, 11) is 0. The average Bonchev–Trinajstić information content (AvgIpc) is 3.33. The van der Waals surface area contributed by atoms with Crippen LogP contribution in [0.2, 0.25) is 0 Å². The molecule has 0 fully saturated rings. The number of ether oxygens (including phenoxy) is 3. The first-order chi connectivity index (χ1) is 33.0. The first kappa shape index (κ1) is 63.6. The Morgan fingerprint density at radius 1 is 0.313 bits per heavy atom. The summed E-state index contributed by atoms with van der Waals surface area (Å²) in [6, 6.07) is 0. The zero-order chi connectivity index (χ0) is 48.6. The summed E-state index contributed by atoms with van der Waals surface area (Å²) in [5, 5.41) is 0. The van der Waals surface area contributed by atoms with Gasteiger partial charge in [0.1, 0.15) is 13.2 Å². The van der Waals surface area contributed by atoms with Crippen molar-refractivity contribution in [2.45, 2.75) is 271 Å². The molecule has 0 aromatic carbocycles. The topological polar surface area (TPSA) is 78.9 Å². The monoisotopic (exact) mass is 933 g/mol. The van der Waals surface area contributed by atoms with E-state index in [0.29, 0.717) is 19.3 Å². The molecule has 0 aromatic rings. The molecule has 0 aliphatic carbocycles. The fourth-order valence-electron chi connectivity index (χ4n) is 7.68. The van der Waals surface area contributed by atoms with Crippen molar-refractivity contribution >= 4 is 17.9 Å². The summed E-state index contributed by atoms with van der Waals surface area (Å²) in [5.74, 6) is -0.905. The molecule has 0 saturated heterocycles. The molecule has 0 bridgehead atoms. The molecule has 67 heavy (non-hydrogen) atoms. The Balaban J connectivity index is 4.35. The van der Waals surface area contributed by atoms with Crippen LogP contribution in [0.1, 0.15) is 265 Å². The highest BCUT2D eigenvalue weighted by atomic mass is 16.6. The Morgan fingerprint density at radius 3 is 0.970 bits per heavy atom. The van der Waals surface area contributed by atoms with Crippen LogP contribution in [0, 0.1) is 0 Å². The van der Waals surface area contributed by atoms with Crippen molar-refractivity contribution in [3.63, 3.8) is 0 Å². The summed E-state index contributed by atoms with van der Waals surface area (Å²) in [6.07, 6.45) is 71.4. The largest absolute Gasteiger partial charge is 0.462 e. The summed E-state index contributed by atoms with van der Waals surface area (Å²) in [5.41, 5.74) is 0. The maximum absolute atomic E-state index is 12.8. The molecule has 1 atom stereocenters. The minimum atomic E-state index is -0.787. The smallest absolute Gasteiger partial charge is 0.306 e. The number of unbranched alkanes of at least 4 members (excludes halogenated alkanes) is 25. The number of allylic oxidation sites excluding steroid dienone is 14. The van der Waals surface area contributed by atoms with Crippen molar-refractivity contribution in [3.8, 4) is 0 Å². The zero-order valence-electron chi connectivity index (χ0n) is 43.9. The normalized spacial score (nSPS) is 12.7. The molecule has 384 valence electrons. The zero-order valence-corrected chi connectivity index (χ0v) is 43.9. The predicted octanol–water partition coefficient (Wildman–Crippen LogP) is 18.8. The molecule has 0 saturated carbocycles. The quantitative estimate of drug-likeness (QED) is 0.0262. The van der Waals surface area contributed by atoms with Gasteiger partial charge in [-0.1, -0.05) is 241 Å². The number of carbonyl (C=O) groups is 3. The minimum Gasteiger partial charge on any atom is -0.462 e. The van der Waals surface area contributed by atoms with E-state index >= 15 is 0 Å². The molecule has 0 amide bonds. The van der Waals surface area contributed by atoms with Crippen molar-refractivity contribution in [1.82, 2.24) is 0 Å². The second-order valence-electron chi connectivity index (χ2n) is 18.5. The van der Waals surface area contributed by atoms with E-state index in [9.17, 15) is 14.4 Å². The summed E-state index contributed by atoms with van der Waals surface area (Å²) >= 11 is 0. The Kier molecular flexibility index (Phi) is 52.4. The SMILES string of the molecule is CC/C=C\C/C=C\C/C=C\C/C=C\C/C=C\CCCCCCCCCC(=O)OCC(COC(=O)CCCCCCCCCCCCCCC)OC(=O)CCCCCCC/C=C\C/C=C\CCC. The lowest BCUT2D eigenvalue weighted by molar-refractivity contribution is -0.167. The molecular formula is C61H104O6. The molecule has 0 aliphatic heterocycles. The van der Waals surface area contributed by atoms with Gasteiger partial charge >= 0.3 is 17.9 Å². The molecule has 0 spiro atoms. The first-order valence-corrected chi connectivity index (χ1v) is 28.1. The molecule has 0 heterocycles. The van der Waals surface area contributed by atoms with E-state index in [4.69, 9.17) is 14.2 Å². The van der Waals surface area contributed by atoms with Crippen LogP contribution >= 0.6 is 0 Å². The number of rotatable bonds is 50. The minimum absolute atomic E-state index is 0.0840. The average molecular weight is 933 g/mol. The molecule has 6 nitrogen and oxygen atoms in total. The van der Waals surface area contributed by atoms with Crippen LogP contribution < -0.4 is 0 Å². The Hall–Kier alpha value is -3.41.